The molecule has 0 aliphatic carbocycles. The Kier molecular flexibility index (Phi) is 16.9. The molecule has 0 amide bonds. The van der Waals surface area contributed by atoms with Gasteiger partial charge in [0.15, 0.2) is 0 Å². The summed E-state index contributed by atoms with van der Waals surface area (Å²) in [5, 5.41) is 4.08. The number of aromatic nitrogens is 4. The van der Waals surface area contributed by atoms with Crippen LogP contribution in [0.5, 0.6) is 0 Å². The first kappa shape index (κ1) is 65.7. The van der Waals surface area contributed by atoms with Crippen LogP contribution in [0.1, 0.15) is 0 Å². The van der Waals surface area contributed by atoms with Crippen molar-refractivity contribution in [3.05, 3.63) is 273 Å². The minimum absolute atomic E-state index is 0.0882. The summed E-state index contributed by atoms with van der Waals surface area (Å²) in [4.78, 5) is 17.6. The number of benzene rings is 13. The highest BCUT2D eigenvalue weighted by molar-refractivity contribution is 8.35. The zero-order valence-corrected chi connectivity index (χ0v) is 56.2. The quantitative estimate of drug-likeness (QED) is 0.121. The van der Waals surface area contributed by atoms with Gasteiger partial charge < -0.3 is 0 Å². The first-order valence-corrected chi connectivity index (χ1v) is 35.8. The molecular formula is C82H45B13N4S2. The van der Waals surface area contributed by atoms with Gasteiger partial charge in [-0.2, -0.15) is 4.98 Å². The van der Waals surface area contributed by atoms with Gasteiger partial charge in [0.1, 0.15) is 108 Å². The average Bonchev–Trinajstić information content (AvgIpc) is 1.45. The molecule has 0 bridgehead atoms. The fourth-order valence-electron chi connectivity index (χ4n) is 14.8. The fraction of sp³-hybridized carbons (Fsp3) is 0. The van der Waals surface area contributed by atoms with E-state index in [1.54, 1.807) is 0 Å². The Labute approximate surface area is 608 Å². The standard InChI is InChI=1S/C82H45B13N4S2/c83-67-64(68(84)74(90)77(93)73(67)89)46-23-21-33-52(43-46)100(48-25-5-1-6-26-48,49-27-7-2-8-28-49)80-71(87)66(58-45-63(98-59-39-17-13-35-54(59)55-36-14-18-40-60(55)98)97-82(96-58)99-61-41-19-15-37-56(61)57-38-16-20-42-62(57)99)72(88)81(79(80)95)101(50-29-9-3-10-30-50,51-31-11-4-12-32-51)53-34-22-24-47(44-53)65-69(85)75(91)78(94)76(92)70(65)86/h1-45H. The van der Waals surface area contributed by atoms with Gasteiger partial charge in [0.25, 0.3) is 0 Å². The Bertz CT molecular complexity index is 5430. The third-order valence-corrected chi connectivity index (χ3v) is 27.4. The predicted molar refractivity (Wildman–Crippen MR) is 437 cm³/mol. The largest absolute Gasteiger partial charge is 0.294 e. The molecule has 0 spiro atoms. The summed E-state index contributed by atoms with van der Waals surface area (Å²) in [6.45, 7) is 0. The number of hydrogen-bond acceptors (Lipinski definition) is 2. The smallest absolute Gasteiger partial charge is 0.237 e. The zero-order valence-electron chi connectivity index (χ0n) is 54.6. The first-order valence-electron chi connectivity index (χ1n) is 32.5. The topological polar surface area (TPSA) is 35.6 Å². The third-order valence-electron chi connectivity index (χ3n) is 19.4. The third kappa shape index (κ3) is 10.2. The molecule has 26 radical (unpaired) electrons. The lowest BCUT2D eigenvalue weighted by Gasteiger charge is -2.50. The van der Waals surface area contributed by atoms with Crippen molar-refractivity contribution in [3.63, 3.8) is 0 Å². The summed E-state index contributed by atoms with van der Waals surface area (Å²) in [6, 6.07) is 92.4. The lowest BCUT2D eigenvalue weighted by Crippen LogP contribution is -2.55. The van der Waals surface area contributed by atoms with E-state index in [0.29, 0.717) is 60.5 Å². The maximum atomic E-state index is 8.77. The van der Waals surface area contributed by atoms with E-state index in [1.807, 2.05) is 140 Å². The summed E-state index contributed by atoms with van der Waals surface area (Å²) in [5.41, 5.74) is 8.40. The Morgan fingerprint density at radius 1 is 0.228 bits per heavy atom. The summed E-state index contributed by atoms with van der Waals surface area (Å²) < 4.78 is 4.30. The minimum Gasteiger partial charge on any atom is -0.294 e. The fourth-order valence-corrected chi connectivity index (χ4v) is 23.1. The van der Waals surface area contributed by atoms with E-state index < -0.39 is 20.1 Å². The predicted octanol–water partition coefficient (Wildman–Crippen LogP) is 6.67. The van der Waals surface area contributed by atoms with Gasteiger partial charge in [-0.3, -0.25) is 9.13 Å². The van der Waals surface area contributed by atoms with Crippen LogP contribution >= 0.6 is 20.1 Å². The van der Waals surface area contributed by atoms with Crippen molar-refractivity contribution in [2.45, 2.75) is 39.2 Å². The van der Waals surface area contributed by atoms with Crippen molar-refractivity contribution in [2.24, 2.45) is 0 Å². The van der Waals surface area contributed by atoms with E-state index in [2.05, 4.69) is 143 Å². The summed E-state index contributed by atoms with van der Waals surface area (Å²) in [5.74, 6) is 0.882. The number of rotatable bonds is 13. The van der Waals surface area contributed by atoms with E-state index in [1.165, 1.54) is 0 Å². The average molecular weight is 1290 g/mol. The molecule has 16 aromatic rings. The van der Waals surface area contributed by atoms with Crippen molar-refractivity contribution in [1.82, 2.24) is 19.1 Å². The monoisotopic (exact) mass is 1290 g/mol. The lowest BCUT2D eigenvalue weighted by atomic mass is 9.60. The van der Waals surface area contributed by atoms with Gasteiger partial charge in [0, 0.05) is 57.0 Å². The Morgan fingerprint density at radius 3 is 0.851 bits per heavy atom. The van der Waals surface area contributed by atoms with Crippen LogP contribution < -0.4 is 71.0 Å². The van der Waals surface area contributed by atoms with Gasteiger partial charge in [0.05, 0.1) is 27.8 Å². The molecule has 0 unspecified atom stereocenters. The molecule has 101 heavy (non-hydrogen) atoms. The van der Waals surface area contributed by atoms with Gasteiger partial charge in [-0.05, 0) is 135 Å². The van der Waals surface area contributed by atoms with Crippen LogP contribution in [0.15, 0.2) is 312 Å². The number of para-hydroxylation sites is 4. The summed E-state index contributed by atoms with van der Waals surface area (Å²) in [7, 11) is 87.8. The van der Waals surface area contributed by atoms with Crippen molar-refractivity contribution >= 4 is 237 Å². The number of fused-ring (bicyclic) bond motifs is 6. The van der Waals surface area contributed by atoms with Crippen molar-refractivity contribution in [3.8, 4) is 45.3 Å². The van der Waals surface area contributed by atoms with Crippen LogP contribution in [0.2, 0.25) is 0 Å². The van der Waals surface area contributed by atoms with E-state index in [4.69, 9.17) is 112 Å². The van der Waals surface area contributed by atoms with E-state index >= 15 is 0 Å². The van der Waals surface area contributed by atoms with Gasteiger partial charge in [-0.1, -0.05) is 208 Å². The number of hydrogen-bond donors (Lipinski definition) is 0. The molecule has 0 aliphatic rings. The summed E-state index contributed by atoms with van der Waals surface area (Å²) in [6.07, 6.45) is 0. The highest BCUT2D eigenvalue weighted by Crippen LogP contribution is 2.76. The number of nitrogens with zero attached hydrogens (tertiary/aromatic N) is 4. The molecule has 3 heterocycles. The van der Waals surface area contributed by atoms with Gasteiger partial charge in [-0.15, -0.1) is 52.8 Å². The molecular weight excluding hydrogens is 1250 g/mol. The molecule has 0 atom stereocenters. The normalized spacial score (nSPS) is 12.2. The Hall–Kier alpha value is -9.92. The lowest BCUT2D eigenvalue weighted by molar-refractivity contribution is 0.952. The van der Waals surface area contributed by atoms with Crippen LogP contribution in [0, 0.1) is 0 Å². The van der Waals surface area contributed by atoms with Gasteiger partial charge in [-0.25, -0.2) is 4.98 Å². The van der Waals surface area contributed by atoms with Crippen molar-refractivity contribution in [1.29, 1.82) is 0 Å². The molecule has 0 fully saturated rings. The van der Waals surface area contributed by atoms with Crippen molar-refractivity contribution < 1.29 is 0 Å². The summed E-state index contributed by atoms with van der Waals surface area (Å²) >= 11 is 0. The van der Waals surface area contributed by atoms with Crippen molar-refractivity contribution in [2.75, 3.05) is 0 Å². The highest BCUT2D eigenvalue weighted by atomic mass is 32.3. The maximum absolute atomic E-state index is 8.77. The molecule has 0 saturated heterocycles. The molecule has 0 N–H and O–H groups in total. The minimum atomic E-state index is -3.12. The molecule has 444 valence electrons. The molecule has 13 aromatic carbocycles. The molecule has 3 aromatic heterocycles. The van der Waals surface area contributed by atoms with E-state index in [-0.39, 0.29) is 65.6 Å². The van der Waals surface area contributed by atoms with Crippen LogP contribution in [-0.2, 0) is 0 Å². The molecule has 0 aliphatic heterocycles. The first-order chi connectivity index (χ1) is 49.1. The molecule has 4 nitrogen and oxygen atoms in total. The molecule has 0 saturated carbocycles. The molecule has 19 heteroatoms. The van der Waals surface area contributed by atoms with Crippen LogP contribution in [0.25, 0.3) is 88.9 Å². The second-order valence-corrected chi connectivity index (χ2v) is 30.9. The highest BCUT2D eigenvalue weighted by Gasteiger charge is 2.43. The zero-order chi connectivity index (χ0) is 69.8. The second kappa shape index (κ2) is 25.9. The van der Waals surface area contributed by atoms with Gasteiger partial charge >= 0.3 is 0 Å². The molecule has 16 rings (SSSR count). The van der Waals surface area contributed by atoms with Gasteiger partial charge in [0.2, 0.25) is 5.95 Å². The SMILES string of the molecule is [B]c1c([B])c([B])c(-c2cccc(S(c3ccccc3)(c3ccccc3)c3c([B])c(-c4cc(-n5c6ccccc6c6ccccc65)nc(-n5c6ccccc6c6ccccc65)n4)c([B])c(S(c4ccccc4)(c4ccccc4)c4cccc(-c5c([B])c([B])c([B])c([B])c5[B])c4)c3[B])c2)c([B])c1[B]. The van der Waals surface area contributed by atoms with E-state index in [0.717, 1.165) is 73.0 Å². The van der Waals surface area contributed by atoms with E-state index in [9.17, 15) is 0 Å². The van der Waals surface area contributed by atoms with Crippen LogP contribution in [0.4, 0.5) is 0 Å². The second-order valence-electron chi connectivity index (χ2n) is 24.8. The Balaban J connectivity index is 1.15. The van der Waals surface area contributed by atoms with Crippen LogP contribution in [-0.4, -0.2) is 121 Å². The maximum Gasteiger partial charge on any atom is 0.237 e. The van der Waals surface area contributed by atoms with Crippen LogP contribution in [0.3, 0.4) is 0 Å². The Morgan fingerprint density at radius 2 is 0.515 bits per heavy atom.